The molecule has 1 aliphatic carbocycles. The molecule has 0 saturated carbocycles. The normalized spacial score (nSPS) is 18.3. The first-order valence-electron chi connectivity index (χ1n) is 6.73. The van der Waals surface area contributed by atoms with Crippen LogP contribution < -0.4 is 10.5 Å². The molecule has 0 heterocycles. The number of hydrogen-bond donors (Lipinski definition) is 1. The highest BCUT2D eigenvalue weighted by molar-refractivity contribution is 7.91. The molecule has 0 aliphatic heterocycles. The fourth-order valence-corrected chi connectivity index (χ4v) is 3.58. The summed E-state index contributed by atoms with van der Waals surface area (Å²) in [6.07, 6.45) is 2.60. The highest BCUT2D eigenvalue weighted by atomic mass is 32.2. The third-order valence-electron chi connectivity index (χ3n) is 3.42. The summed E-state index contributed by atoms with van der Waals surface area (Å²) in [5, 5.41) is 0. The van der Waals surface area contributed by atoms with Crippen LogP contribution in [0.3, 0.4) is 0 Å². The summed E-state index contributed by atoms with van der Waals surface area (Å²) < 4.78 is 28.6. The lowest BCUT2D eigenvalue weighted by Gasteiger charge is -2.09. The van der Waals surface area contributed by atoms with Gasteiger partial charge >= 0.3 is 0 Å². The van der Waals surface area contributed by atoms with Crippen molar-refractivity contribution in [3.63, 3.8) is 0 Å². The van der Waals surface area contributed by atoms with Crippen molar-refractivity contribution in [1.82, 2.24) is 0 Å². The van der Waals surface area contributed by atoms with Gasteiger partial charge in [-0.1, -0.05) is 13.0 Å². The van der Waals surface area contributed by atoms with E-state index < -0.39 is 9.84 Å². The Labute approximate surface area is 114 Å². The summed E-state index contributed by atoms with van der Waals surface area (Å²) in [4.78, 5) is 0. The molecule has 0 radical (unpaired) electrons. The number of hydrogen-bond acceptors (Lipinski definition) is 4. The molecule has 0 spiro atoms. The van der Waals surface area contributed by atoms with Gasteiger partial charge in [-0.25, -0.2) is 8.42 Å². The maximum Gasteiger partial charge on any atom is 0.153 e. The molecule has 19 heavy (non-hydrogen) atoms. The number of fused-ring (bicyclic) bond motifs is 1. The van der Waals surface area contributed by atoms with Gasteiger partial charge in [0.15, 0.2) is 9.84 Å². The third-order valence-corrected chi connectivity index (χ3v) is 5.24. The summed E-state index contributed by atoms with van der Waals surface area (Å²) in [5.74, 6) is 1.05. The zero-order chi connectivity index (χ0) is 13.9. The fraction of sp³-hybridized carbons (Fsp3) is 0.571. The van der Waals surface area contributed by atoms with Crippen LogP contribution in [-0.4, -0.2) is 26.5 Å². The highest BCUT2D eigenvalue weighted by Crippen LogP contribution is 2.31. The Morgan fingerprint density at radius 1 is 1.37 bits per heavy atom. The van der Waals surface area contributed by atoms with Gasteiger partial charge in [-0.05, 0) is 42.5 Å². The minimum Gasteiger partial charge on any atom is -0.493 e. The zero-order valence-corrected chi connectivity index (χ0v) is 12.1. The number of aryl methyl sites for hydroxylation is 1. The van der Waals surface area contributed by atoms with Crippen molar-refractivity contribution in [1.29, 1.82) is 0 Å². The minimum atomic E-state index is -2.97. The maximum atomic E-state index is 11.6. The summed E-state index contributed by atoms with van der Waals surface area (Å²) in [5.41, 5.74) is 8.38. The second kappa shape index (κ2) is 5.92. The topological polar surface area (TPSA) is 69.4 Å². The lowest BCUT2D eigenvalue weighted by atomic mass is 10.1. The minimum absolute atomic E-state index is 0.0808. The van der Waals surface area contributed by atoms with Gasteiger partial charge in [0.05, 0.1) is 11.5 Å². The summed E-state index contributed by atoms with van der Waals surface area (Å²) in [7, 11) is -2.97. The quantitative estimate of drug-likeness (QED) is 0.865. The molecule has 106 valence electrons. The van der Waals surface area contributed by atoms with Crippen molar-refractivity contribution in [2.24, 2.45) is 5.73 Å². The number of nitrogens with two attached hydrogens (primary N) is 1. The van der Waals surface area contributed by atoms with Crippen LogP contribution in [0.15, 0.2) is 18.2 Å². The van der Waals surface area contributed by atoms with E-state index in [0.717, 1.165) is 18.6 Å². The molecule has 2 rings (SSSR count). The van der Waals surface area contributed by atoms with Gasteiger partial charge < -0.3 is 10.5 Å². The average Bonchev–Trinajstić information content (AvgIpc) is 2.70. The summed E-state index contributed by atoms with van der Waals surface area (Å²) >= 11 is 0. The molecule has 5 heteroatoms. The Morgan fingerprint density at radius 3 is 2.89 bits per heavy atom. The predicted octanol–water partition coefficient (Wildman–Crippen LogP) is 1.84. The molecule has 0 unspecified atom stereocenters. The lowest BCUT2D eigenvalue weighted by molar-refractivity contribution is 0.340. The van der Waals surface area contributed by atoms with Crippen molar-refractivity contribution in [2.75, 3.05) is 18.1 Å². The van der Waals surface area contributed by atoms with Crippen LogP contribution >= 0.6 is 0 Å². The van der Waals surface area contributed by atoms with Crippen molar-refractivity contribution in [3.05, 3.63) is 29.3 Å². The first-order chi connectivity index (χ1) is 9.02. The Hall–Kier alpha value is -1.07. The summed E-state index contributed by atoms with van der Waals surface area (Å²) in [6, 6.07) is 5.97. The van der Waals surface area contributed by atoms with E-state index in [2.05, 4.69) is 0 Å². The molecule has 0 fully saturated rings. The fourth-order valence-electron chi connectivity index (χ4n) is 2.42. The first-order valence-corrected chi connectivity index (χ1v) is 8.55. The highest BCUT2D eigenvalue weighted by Gasteiger charge is 2.19. The van der Waals surface area contributed by atoms with Crippen LogP contribution in [0.1, 0.15) is 36.9 Å². The molecule has 4 nitrogen and oxygen atoms in total. The smallest absolute Gasteiger partial charge is 0.153 e. The lowest BCUT2D eigenvalue weighted by Crippen LogP contribution is -2.16. The van der Waals surface area contributed by atoms with E-state index >= 15 is 0 Å². The molecular formula is C14H21NO3S. The Bertz CT molecular complexity index is 540. The van der Waals surface area contributed by atoms with Gasteiger partial charge in [0, 0.05) is 6.04 Å². The second-order valence-corrected chi connectivity index (χ2v) is 7.31. The van der Waals surface area contributed by atoms with Gasteiger partial charge in [-0.15, -0.1) is 0 Å². The van der Waals surface area contributed by atoms with E-state index in [-0.39, 0.29) is 24.2 Å². The molecule has 0 amide bonds. The van der Waals surface area contributed by atoms with E-state index in [1.54, 1.807) is 0 Å². The molecule has 0 saturated heterocycles. The van der Waals surface area contributed by atoms with E-state index in [0.29, 0.717) is 6.42 Å². The first kappa shape index (κ1) is 14.3. The van der Waals surface area contributed by atoms with E-state index in [1.807, 2.05) is 25.1 Å². The maximum absolute atomic E-state index is 11.6. The average molecular weight is 283 g/mol. The monoisotopic (exact) mass is 283 g/mol. The Kier molecular flexibility index (Phi) is 4.47. The van der Waals surface area contributed by atoms with E-state index in [1.165, 1.54) is 11.1 Å². The largest absolute Gasteiger partial charge is 0.493 e. The molecule has 1 atom stereocenters. The number of rotatable bonds is 6. The number of sulfone groups is 1. The second-order valence-electron chi connectivity index (χ2n) is 5.01. The van der Waals surface area contributed by atoms with Gasteiger partial charge in [0.1, 0.15) is 12.4 Å². The standard InChI is InChI=1S/C14H21NO3S/c1-2-8-19(16,17)9-7-18-12-4-5-13-11(10-12)3-6-14(13)15/h4-5,10,14H,2-3,6-9,15H2,1H3/t14-/m1/s1. The zero-order valence-electron chi connectivity index (χ0n) is 11.3. The Morgan fingerprint density at radius 2 is 2.16 bits per heavy atom. The SMILES string of the molecule is CCCS(=O)(=O)CCOc1ccc2c(c1)CC[C@H]2N. The van der Waals surface area contributed by atoms with Crippen molar-refractivity contribution in [3.8, 4) is 5.75 Å². The van der Waals surface area contributed by atoms with Crippen LogP contribution in [0, 0.1) is 0 Å². The van der Waals surface area contributed by atoms with Crippen LogP contribution in [0.5, 0.6) is 5.75 Å². The van der Waals surface area contributed by atoms with Gasteiger partial charge in [0.2, 0.25) is 0 Å². The van der Waals surface area contributed by atoms with Crippen molar-refractivity contribution in [2.45, 2.75) is 32.2 Å². The van der Waals surface area contributed by atoms with Crippen LogP contribution in [0.25, 0.3) is 0 Å². The van der Waals surface area contributed by atoms with E-state index in [9.17, 15) is 8.42 Å². The van der Waals surface area contributed by atoms with Crippen LogP contribution in [0.4, 0.5) is 0 Å². The number of benzene rings is 1. The van der Waals surface area contributed by atoms with Crippen LogP contribution in [-0.2, 0) is 16.3 Å². The van der Waals surface area contributed by atoms with E-state index in [4.69, 9.17) is 10.5 Å². The molecule has 2 N–H and O–H groups in total. The molecule has 1 aromatic rings. The van der Waals surface area contributed by atoms with Gasteiger partial charge in [-0.3, -0.25) is 0 Å². The third kappa shape index (κ3) is 3.70. The molecule has 1 aromatic carbocycles. The summed E-state index contributed by atoms with van der Waals surface area (Å²) in [6.45, 7) is 2.08. The molecule has 1 aliphatic rings. The molecule has 0 bridgehead atoms. The Balaban J connectivity index is 1.91. The number of ether oxygens (including phenoxy) is 1. The molecule has 0 aromatic heterocycles. The molecular weight excluding hydrogens is 262 g/mol. The van der Waals surface area contributed by atoms with Crippen molar-refractivity contribution < 1.29 is 13.2 Å². The predicted molar refractivity (Wildman–Crippen MR) is 76.1 cm³/mol. The van der Waals surface area contributed by atoms with Crippen LogP contribution in [0.2, 0.25) is 0 Å². The van der Waals surface area contributed by atoms with Gasteiger partial charge in [-0.2, -0.15) is 0 Å². The van der Waals surface area contributed by atoms with Crippen molar-refractivity contribution >= 4 is 9.84 Å². The van der Waals surface area contributed by atoms with Gasteiger partial charge in [0.25, 0.3) is 0 Å².